The van der Waals surface area contributed by atoms with E-state index in [-0.39, 0.29) is 11.9 Å². The van der Waals surface area contributed by atoms with E-state index in [1.807, 2.05) is 19.9 Å². The molecule has 0 unspecified atom stereocenters. The molecule has 0 aliphatic carbocycles. The van der Waals surface area contributed by atoms with E-state index in [4.69, 9.17) is 4.52 Å². The van der Waals surface area contributed by atoms with Gasteiger partial charge in [-0.1, -0.05) is 23.4 Å². The maximum atomic E-state index is 12.9. The molecule has 29 heavy (non-hydrogen) atoms. The van der Waals surface area contributed by atoms with Gasteiger partial charge in [0.25, 0.3) is 11.6 Å². The zero-order valence-corrected chi connectivity index (χ0v) is 17.2. The number of anilines is 1. The number of pyridine rings is 1. The van der Waals surface area contributed by atoms with Crippen molar-refractivity contribution < 1.29 is 9.32 Å². The van der Waals surface area contributed by atoms with Crippen molar-refractivity contribution in [1.82, 2.24) is 20.4 Å². The van der Waals surface area contributed by atoms with Crippen LogP contribution in [0.1, 0.15) is 28.7 Å². The van der Waals surface area contributed by atoms with E-state index < -0.39 is 0 Å². The average Bonchev–Trinajstić information content (AvgIpc) is 3.12. The Morgan fingerprint density at radius 1 is 1.17 bits per heavy atom. The highest BCUT2D eigenvalue weighted by Gasteiger charge is 2.23. The van der Waals surface area contributed by atoms with Gasteiger partial charge in [-0.15, -0.1) is 0 Å². The number of fused-ring (bicyclic) bond motifs is 1. The molecule has 3 aromatic rings. The Balaban J connectivity index is 1.35. The lowest BCUT2D eigenvalue weighted by molar-refractivity contribution is 0.0935. The molecule has 1 aliphatic rings. The van der Waals surface area contributed by atoms with Crippen LogP contribution in [0.15, 0.2) is 40.9 Å². The summed E-state index contributed by atoms with van der Waals surface area (Å²) in [4.78, 5) is 22.0. The van der Waals surface area contributed by atoms with Crippen LogP contribution in [0.5, 0.6) is 0 Å². The van der Waals surface area contributed by atoms with Gasteiger partial charge in [0, 0.05) is 50.1 Å². The smallest absolute Gasteiger partial charge is 0.258 e. The third-order valence-electron chi connectivity index (χ3n) is 5.61. The second-order valence-corrected chi connectivity index (χ2v) is 7.68. The third-order valence-corrected chi connectivity index (χ3v) is 5.61. The first-order valence-electron chi connectivity index (χ1n) is 10.1. The first-order valence-corrected chi connectivity index (χ1v) is 10.1. The normalized spacial score (nSPS) is 16.2. The van der Waals surface area contributed by atoms with Crippen LogP contribution in [0.4, 0.5) is 5.69 Å². The van der Waals surface area contributed by atoms with Crippen LogP contribution in [0.3, 0.4) is 0 Å². The van der Waals surface area contributed by atoms with E-state index in [2.05, 4.69) is 56.4 Å². The molecule has 2 aromatic heterocycles. The lowest BCUT2D eigenvalue weighted by Crippen LogP contribution is -2.52. The molecular formula is C22H27N5O2. The standard InChI is InChI=1S/C22H27N5O2/c1-15-13-19(20-17(3)25-29-22(20)24-15)21(28)23-14-16(2)26-9-11-27(12-10-26)18-7-5-4-6-8-18/h4-8,13,16H,9-12,14H2,1-3H3,(H,23,28)/t16-/m1/s1. The van der Waals surface area contributed by atoms with Gasteiger partial charge in [-0.05, 0) is 39.0 Å². The lowest BCUT2D eigenvalue weighted by Gasteiger charge is -2.39. The summed E-state index contributed by atoms with van der Waals surface area (Å²) in [6.45, 7) is 10.4. The van der Waals surface area contributed by atoms with Gasteiger partial charge in [-0.3, -0.25) is 9.69 Å². The van der Waals surface area contributed by atoms with E-state index in [0.717, 1.165) is 31.9 Å². The molecule has 0 bridgehead atoms. The van der Waals surface area contributed by atoms with E-state index in [1.165, 1.54) is 5.69 Å². The maximum absolute atomic E-state index is 12.9. The largest absolute Gasteiger partial charge is 0.369 e. The molecule has 0 radical (unpaired) electrons. The van der Waals surface area contributed by atoms with Gasteiger partial charge in [0.2, 0.25) is 0 Å². The molecule has 3 heterocycles. The quantitative estimate of drug-likeness (QED) is 0.719. The Kier molecular flexibility index (Phi) is 5.49. The fourth-order valence-corrected chi connectivity index (χ4v) is 3.92. The lowest BCUT2D eigenvalue weighted by atomic mass is 10.1. The highest BCUT2D eigenvalue weighted by molar-refractivity contribution is 6.06. The molecule has 4 rings (SSSR count). The predicted molar refractivity (Wildman–Crippen MR) is 113 cm³/mol. The summed E-state index contributed by atoms with van der Waals surface area (Å²) < 4.78 is 5.23. The van der Waals surface area contributed by atoms with Crippen LogP contribution >= 0.6 is 0 Å². The Hall–Kier alpha value is -2.93. The number of nitrogens with zero attached hydrogens (tertiary/aromatic N) is 4. The number of rotatable bonds is 5. The van der Waals surface area contributed by atoms with E-state index in [0.29, 0.717) is 28.9 Å². The predicted octanol–water partition coefficient (Wildman–Crippen LogP) is 2.78. The zero-order chi connectivity index (χ0) is 20.4. The van der Waals surface area contributed by atoms with Crippen LogP contribution in [0, 0.1) is 13.8 Å². The van der Waals surface area contributed by atoms with E-state index >= 15 is 0 Å². The van der Waals surface area contributed by atoms with Crippen molar-refractivity contribution in [3.8, 4) is 0 Å². The topological polar surface area (TPSA) is 74.5 Å². The summed E-state index contributed by atoms with van der Waals surface area (Å²) in [5, 5.41) is 7.73. The van der Waals surface area contributed by atoms with Crippen molar-refractivity contribution in [3.63, 3.8) is 0 Å². The second-order valence-electron chi connectivity index (χ2n) is 7.68. The number of amides is 1. The summed E-state index contributed by atoms with van der Waals surface area (Å²) in [7, 11) is 0. The van der Waals surface area contributed by atoms with Gasteiger partial charge in [0.15, 0.2) is 0 Å². The van der Waals surface area contributed by atoms with Gasteiger partial charge >= 0.3 is 0 Å². The SMILES string of the molecule is Cc1cc(C(=O)NC[C@@H](C)N2CCN(c3ccccc3)CC2)c2c(C)noc2n1. The monoisotopic (exact) mass is 393 g/mol. The number of piperazine rings is 1. The fraction of sp³-hybridized carbons (Fsp3) is 0.409. The van der Waals surface area contributed by atoms with Crippen LogP contribution in [0.2, 0.25) is 0 Å². The molecule has 1 saturated heterocycles. The van der Waals surface area contributed by atoms with Crippen molar-refractivity contribution >= 4 is 22.7 Å². The number of aryl methyl sites for hydroxylation is 2. The van der Waals surface area contributed by atoms with Crippen LogP contribution in [0.25, 0.3) is 11.1 Å². The molecule has 1 aromatic carbocycles. The molecule has 7 nitrogen and oxygen atoms in total. The van der Waals surface area contributed by atoms with Gasteiger partial charge in [-0.25, -0.2) is 4.98 Å². The van der Waals surface area contributed by atoms with Crippen molar-refractivity contribution in [3.05, 3.63) is 53.3 Å². The Labute approximate surface area is 170 Å². The van der Waals surface area contributed by atoms with Crippen molar-refractivity contribution in [2.75, 3.05) is 37.6 Å². The minimum absolute atomic E-state index is 0.110. The van der Waals surface area contributed by atoms with E-state index in [1.54, 1.807) is 6.07 Å². The van der Waals surface area contributed by atoms with Crippen molar-refractivity contribution in [1.29, 1.82) is 0 Å². The molecule has 1 atom stereocenters. The number of hydrogen-bond acceptors (Lipinski definition) is 6. The number of aromatic nitrogens is 2. The maximum Gasteiger partial charge on any atom is 0.258 e. The Morgan fingerprint density at radius 3 is 2.62 bits per heavy atom. The summed E-state index contributed by atoms with van der Waals surface area (Å²) in [5.74, 6) is -0.110. The first-order chi connectivity index (χ1) is 14.0. The third kappa shape index (κ3) is 4.10. The number of carbonyl (C=O) groups excluding carboxylic acids is 1. The molecule has 1 aliphatic heterocycles. The fourth-order valence-electron chi connectivity index (χ4n) is 3.92. The summed E-state index contributed by atoms with van der Waals surface area (Å²) in [6.07, 6.45) is 0. The number of benzene rings is 1. The van der Waals surface area contributed by atoms with Crippen LogP contribution in [-0.2, 0) is 0 Å². The molecule has 1 amide bonds. The van der Waals surface area contributed by atoms with Crippen molar-refractivity contribution in [2.45, 2.75) is 26.8 Å². The molecular weight excluding hydrogens is 366 g/mol. The first kappa shape index (κ1) is 19.4. The number of nitrogens with one attached hydrogen (secondary N) is 1. The van der Waals surface area contributed by atoms with Gasteiger partial charge in [0.05, 0.1) is 16.6 Å². The number of para-hydroxylation sites is 1. The van der Waals surface area contributed by atoms with Crippen molar-refractivity contribution in [2.24, 2.45) is 0 Å². The molecule has 1 N–H and O–H groups in total. The molecule has 0 saturated carbocycles. The Morgan fingerprint density at radius 2 is 1.90 bits per heavy atom. The molecule has 7 heteroatoms. The summed E-state index contributed by atoms with van der Waals surface area (Å²) >= 11 is 0. The van der Waals surface area contributed by atoms with Crippen LogP contribution < -0.4 is 10.2 Å². The van der Waals surface area contributed by atoms with Gasteiger partial charge < -0.3 is 14.7 Å². The molecule has 0 spiro atoms. The van der Waals surface area contributed by atoms with E-state index in [9.17, 15) is 4.79 Å². The number of carbonyl (C=O) groups is 1. The highest BCUT2D eigenvalue weighted by Crippen LogP contribution is 2.22. The summed E-state index contributed by atoms with van der Waals surface area (Å²) in [6, 6.07) is 12.6. The molecule has 1 fully saturated rings. The molecule has 152 valence electrons. The van der Waals surface area contributed by atoms with Crippen LogP contribution in [-0.4, -0.2) is 59.7 Å². The average molecular weight is 393 g/mol. The Bertz CT molecular complexity index is 993. The second kappa shape index (κ2) is 8.21. The summed E-state index contributed by atoms with van der Waals surface area (Å²) in [5.41, 5.74) is 3.69. The minimum atomic E-state index is -0.110. The highest BCUT2D eigenvalue weighted by atomic mass is 16.5. The number of hydrogen-bond donors (Lipinski definition) is 1. The van der Waals surface area contributed by atoms with Gasteiger partial charge in [0.1, 0.15) is 0 Å². The zero-order valence-electron chi connectivity index (χ0n) is 17.2. The van der Waals surface area contributed by atoms with Gasteiger partial charge in [-0.2, -0.15) is 0 Å². The minimum Gasteiger partial charge on any atom is -0.369 e.